The molecule has 0 aliphatic heterocycles. The van der Waals surface area contributed by atoms with Gasteiger partial charge in [-0.2, -0.15) is 0 Å². The molecule has 0 aliphatic carbocycles. The van der Waals surface area contributed by atoms with Crippen LogP contribution in [-0.2, 0) is 6.42 Å². The number of benzene rings is 1. The maximum absolute atomic E-state index is 4.82. The quantitative estimate of drug-likeness (QED) is 0.828. The molecule has 108 valence electrons. The summed E-state index contributed by atoms with van der Waals surface area (Å²) in [6.07, 6.45) is 1.03. The van der Waals surface area contributed by atoms with Crippen molar-refractivity contribution in [1.82, 2.24) is 4.98 Å². The summed E-state index contributed by atoms with van der Waals surface area (Å²) in [4.78, 5) is 4.82. The lowest BCUT2D eigenvalue weighted by Crippen LogP contribution is -2.03. The largest absolute Gasteiger partial charge is 0.385 e. The predicted octanol–water partition coefficient (Wildman–Crippen LogP) is 4.99. The van der Waals surface area contributed by atoms with Crippen molar-refractivity contribution in [3.63, 3.8) is 0 Å². The monoisotopic (exact) mass is 270 g/mol. The highest BCUT2D eigenvalue weighted by Gasteiger charge is 2.09. The highest BCUT2D eigenvalue weighted by molar-refractivity contribution is 5.92. The van der Waals surface area contributed by atoms with Crippen molar-refractivity contribution in [1.29, 1.82) is 0 Å². The van der Waals surface area contributed by atoms with Crippen LogP contribution in [0.25, 0.3) is 10.9 Å². The number of pyridine rings is 1. The van der Waals surface area contributed by atoms with E-state index in [1.807, 2.05) is 0 Å². The summed E-state index contributed by atoms with van der Waals surface area (Å²) in [6.45, 7) is 12.0. The van der Waals surface area contributed by atoms with Crippen LogP contribution in [0.15, 0.2) is 24.3 Å². The van der Waals surface area contributed by atoms with E-state index in [1.165, 1.54) is 22.3 Å². The lowest BCUT2D eigenvalue weighted by atomic mass is 9.99. The molecule has 1 N–H and O–H groups in total. The van der Waals surface area contributed by atoms with Gasteiger partial charge in [-0.25, -0.2) is 0 Å². The van der Waals surface area contributed by atoms with Gasteiger partial charge >= 0.3 is 0 Å². The second-order valence-electron chi connectivity index (χ2n) is 6.22. The normalized spacial score (nSPS) is 11.6. The van der Waals surface area contributed by atoms with E-state index in [0.717, 1.165) is 18.5 Å². The van der Waals surface area contributed by atoms with E-state index in [2.05, 4.69) is 64.2 Å². The first-order valence-corrected chi connectivity index (χ1v) is 7.68. The average molecular weight is 270 g/mol. The van der Waals surface area contributed by atoms with Gasteiger partial charge in [0.1, 0.15) is 0 Å². The van der Waals surface area contributed by atoms with E-state index < -0.39 is 0 Å². The minimum absolute atomic E-state index is 0.546. The van der Waals surface area contributed by atoms with E-state index in [1.54, 1.807) is 0 Å². The molecule has 2 nitrogen and oxygen atoms in total. The van der Waals surface area contributed by atoms with Crippen molar-refractivity contribution < 1.29 is 0 Å². The number of fused-ring (bicyclic) bond motifs is 1. The van der Waals surface area contributed by atoms with E-state index in [0.29, 0.717) is 11.8 Å². The Morgan fingerprint density at radius 3 is 2.45 bits per heavy atom. The number of nitrogens with zero attached hydrogens (tertiary/aromatic N) is 1. The molecule has 2 heteroatoms. The second kappa shape index (κ2) is 6.25. The van der Waals surface area contributed by atoms with Gasteiger partial charge in [0, 0.05) is 23.3 Å². The minimum atomic E-state index is 0.546. The molecule has 0 bridgehead atoms. The van der Waals surface area contributed by atoms with Gasteiger partial charge in [0.2, 0.25) is 0 Å². The molecule has 0 saturated carbocycles. The summed E-state index contributed by atoms with van der Waals surface area (Å²) < 4.78 is 0. The Balaban J connectivity index is 2.55. The van der Waals surface area contributed by atoms with Crippen molar-refractivity contribution >= 4 is 16.6 Å². The SMILES string of the molecule is CCNc1cc(CC(C)C)nc2ccc(C(C)C)cc12. The van der Waals surface area contributed by atoms with Crippen molar-refractivity contribution in [2.75, 3.05) is 11.9 Å². The highest BCUT2D eigenvalue weighted by atomic mass is 14.9. The molecule has 2 rings (SSSR count). The molecular formula is C18H26N2. The molecule has 0 spiro atoms. The lowest BCUT2D eigenvalue weighted by Gasteiger charge is -2.14. The lowest BCUT2D eigenvalue weighted by molar-refractivity contribution is 0.637. The molecule has 1 aromatic heterocycles. The fourth-order valence-electron chi connectivity index (χ4n) is 2.52. The van der Waals surface area contributed by atoms with E-state index in [-0.39, 0.29) is 0 Å². The van der Waals surface area contributed by atoms with Gasteiger partial charge in [0.05, 0.1) is 5.52 Å². The Bertz CT molecular complexity index is 585. The average Bonchev–Trinajstić information content (AvgIpc) is 2.37. The van der Waals surface area contributed by atoms with Gasteiger partial charge in [-0.05, 0) is 48.9 Å². The maximum Gasteiger partial charge on any atom is 0.0726 e. The van der Waals surface area contributed by atoms with Crippen LogP contribution in [0.1, 0.15) is 51.8 Å². The standard InChI is InChI=1S/C18H26N2/c1-6-19-18-11-15(9-12(2)3)20-17-8-7-14(13(4)5)10-16(17)18/h7-8,10-13H,6,9H2,1-5H3,(H,19,20). The van der Waals surface area contributed by atoms with Crippen LogP contribution < -0.4 is 5.32 Å². The molecule has 0 amide bonds. The molecule has 0 radical (unpaired) electrons. The minimum Gasteiger partial charge on any atom is -0.385 e. The number of aromatic nitrogens is 1. The third-order valence-corrected chi connectivity index (χ3v) is 3.54. The molecule has 0 fully saturated rings. The Morgan fingerprint density at radius 1 is 1.10 bits per heavy atom. The zero-order valence-electron chi connectivity index (χ0n) is 13.3. The number of hydrogen-bond donors (Lipinski definition) is 1. The maximum atomic E-state index is 4.82. The van der Waals surface area contributed by atoms with Crippen LogP contribution >= 0.6 is 0 Å². The van der Waals surface area contributed by atoms with Crippen LogP contribution in [-0.4, -0.2) is 11.5 Å². The molecule has 2 aromatic rings. The van der Waals surface area contributed by atoms with Crippen LogP contribution in [0.4, 0.5) is 5.69 Å². The zero-order valence-corrected chi connectivity index (χ0v) is 13.3. The fraction of sp³-hybridized carbons (Fsp3) is 0.500. The Morgan fingerprint density at radius 2 is 1.85 bits per heavy atom. The van der Waals surface area contributed by atoms with Crippen molar-refractivity contribution in [3.05, 3.63) is 35.5 Å². The number of hydrogen-bond acceptors (Lipinski definition) is 2. The molecule has 1 aromatic carbocycles. The summed E-state index contributed by atoms with van der Waals surface area (Å²) in [5, 5.41) is 4.73. The molecule has 0 saturated heterocycles. The van der Waals surface area contributed by atoms with Gasteiger partial charge in [-0.15, -0.1) is 0 Å². The van der Waals surface area contributed by atoms with Crippen LogP contribution in [0.3, 0.4) is 0 Å². The predicted molar refractivity (Wildman–Crippen MR) is 88.5 cm³/mol. The number of rotatable bonds is 5. The molecule has 0 atom stereocenters. The van der Waals surface area contributed by atoms with Gasteiger partial charge < -0.3 is 5.32 Å². The smallest absolute Gasteiger partial charge is 0.0726 e. The Labute approximate surface area is 122 Å². The van der Waals surface area contributed by atoms with Gasteiger partial charge in [-0.3, -0.25) is 4.98 Å². The third kappa shape index (κ3) is 3.30. The zero-order chi connectivity index (χ0) is 14.7. The summed E-state index contributed by atoms with van der Waals surface area (Å²) in [6, 6.07) is 8.87. The van der Waals surface area contributed by atoms with Crippen molar-refractivity contribution in [3.8, 4) is 0 Å². The number of nitrogens with one attached hydrogen (secondary N) is 1. The first-order chi connectivity index (χ1) is 9.51. The van der Waals surface area contributed by atoms with Crippen LogP contribution in [0.5, 0.6) is 0 Å². The topological polar surface area (TPSA) is 24.9 Å². The second-order valence-corrected chi connectivity index (χ2v) is 6.22. The van der Waals surface area contributed by atoms with Crippen molar-refractivity contribution in [2.24, 2.45) is 5.92 Å². The van der Waals surface area contributed by atoms with Gasteiger partial charge in [0.15, 0.2) is 0 Å². The van der Waals surface area contributed by atoms with Crippen LogP contribution in [0.2, 0.25) is 0 Å². The molecule has 0 unspecified atom stereocenters. The summed E-state index contributed by atoms with van der Waals surface area (Å²) in [5.41, 5.74) is 4.87. The van der Waals surface area contributed by atoms with E-state index in [9.17, 15) is 0 Å². The Kier molecular flexibility index (Phi) is 4.64. The fourth-order valence-corrected chi connectivity index (χ4v) is 2.52. The molecule has 20 heavy (non-hydrogen) atoms. The number of anilines is 1. The molecular weight excluding hydrogens is 244 g/mol. The molecule has 0 aliphatic rings. The summed E-state index contributed by atoms with van der Waals surface area (Å²) >= 11 is 0. The van der Waals surface area contributed by atoms with Crippen LogP contribution in [0, 0.1) is 5.92 Å². The van der Waals surface area contributed by atoms with Gasteiger partial charge in [0.25, 0.3) is 0 Å². The third-order valence-electron chi connectivity index (χ3n) is 3.54. The van der Waals surface area contributed by atoms with E-state index in [4.69, 9.17) is 4.98 Å². The Hall–Kier alpha value is -1.57. The molecule has 1 heterocycles. The highest BCUT2D eigenvalue weighted by Crippen LogP contribution is 2.28. The first-order valence-electron chi connectivity index (χ1n) is 7.68. The summed E-state index contributed by atoms with van der Waals surface area (Å²) in [5.74, 6) is 1.17. The van der Waals surface area contributed by atoms with Crippen molar-refractivity contribution in [2.45, 2.75) is 47.0 Å². The first kappa shape index (κ1) is 14.8. The van der Waals surface area contributed by atoms with E-state index >= 15 is 0 Å². The van der Waals surface area contributed by atoms with Gasteiger partial charge in [-0.1, -0.05) is 33.8 Å². The summed E-state index contributed by atoms with van der Waals surface area (Å²) in [7, 11) is 0.